The van der Waals surface area contributed by atoms with Crippen LogP contribution in [0.25, 0.3) is 11.1 Å². The predicted octanol–water partition coefficient (Wildman–Crippen LogP) is 4.06. The molecule has 0 bridgehead atoms. The lowest BCUT2D eigenvalue weighted by Crippen LogP contribution is -2.23. The quantitative estimate of drug-likeness (QED) is 0.730. The maximum absolute atomic E-state index is 12.0. The highest BCUT2D eigenvalue weighted by atomic mass is 35.5. The third-order valence-corrected chi connectivity index (χ3v) is 5.16. The molecule has 134 valence electrons. The van der Waals surface area contributed by atoms with E-state index in [1.165, 1.54) is 0 Å². The van der Waals surface area contributed by atoms with E-state index in [0.717, 1.165) is 33.4 Å². The molecule has 1 atom stereocenters. The van der Waals surface area contributed by atoms with Gasteiger partial charge in [-0.1, -0.05) is 54.1 Å². The number of benzene rings is 2. The van der Waals surface area contributed by atoms with E-state index in [-0.39, 0.29) is 11.8 Å². The minimum Gasteiger partial charge on any atom is -0.369 e. The SMILES string of the molecule is NC(=O)[C@@H](Cc1cncc(-c2ccc3c(c2)C(Cl)=NC3)c1)c1ccccc1. The molecule has 1 aliphatic heterocycles. The number of primary amides is 1. The Hall–Kier alpha value is -2.98. The van der Waals surface area contributed by atoms with E-state index in [1.807, 2.05) is 60.8 Å². The molecule has 0 unspecified atom stereocenters. The van der Waals surface area contributed by atoms with Crippen LogP contribution in [0.1, 0.15) is 28.2 Å². The van der Waals surface area contributed by atoms with Crippen LogP contribution in [0.2, 0.25) is 0 Å². The molecular formula is C22H18ClN3O. The van der Waals surface area contributed by atoms with Gasteiger partial charge < -0.3 is 5.73 Å². The summed E-state index contributed by atoms with van der Waals surface area (Å²) in [5.41, 5.74) is 11.6. The first-order chi connectivity index (χ1) is 13.1. The Morgan fingerprint density at radius 2 is 1.89 bits per heavy atom. The van der Waals surface area contributed by atoms with Crippen LogP contribution in [0.15, 0.2) is 72.0 Å². The van der Waals surface area contributed by atoms with E-state index in [0.29, 0.717) is 18.1 Å². The van der Waals surface area contributed by atoms with Crippen molar-refractivity contribution in [2.45, 2.75) is 18.9 Å². The fraction of sp³-hybridized carbons (Fsp3) is 0.136. The van der Waals surface area contributed by atoms with E-state index in [1.54, 1.807) is 6.20 Å². The van der Waals surface area contributed by atoms with Gasteiger partial charge in [-0.2, -0.15) is 0 Å². The van der Waals surface area contributed by atoms with Crippen LogP contribution in [0.3, 0.4) is 0 Å². The van der Waals surface area contributed by atoms with Gasteiger partial charge in [0.2, 0.25) is 5.91 Å². The Morgan fingerprint density at radius 3 is 2.67 bits per heavy atom. The van der Waals surface area contributed by atoms with Gasteiger partial charge in [-0.05, 0) is 40.8 Å². The summed E-state index contributed by atoms with van der Waals surface area (Å²) in [5, 5.41) is 0.550. The van der Waals surface area contributed by atoms with Crippen LogP contribution in [0, 0.1) is 0 Å². The van der Waals surface area contributed by atoms with Crippen molar-refractivity contribution in [3.63, 3.8) is 0 Å². The van der Waals surface area contributed by atoms with E-state index < -0.39 is 0 Å². The zero-order valence-corrected chi connectivity index (χ0v) is 15.4. The van der Waals surface area contributed by atoms with Crippen LogP contribution in [-0.4, -0.2) is 16.1 Å². The van der Waals surface area contributed by atoms with Crippen molar-refractivity contribution < 1.29 is 4.79 Å². The number of aromatic nitrogens is 1. The maximum Gasteiger partial charge on any atom is 0.225 e. The van der Waals surface area contributed by atoms with Crippen LogP contribution >= 0.6 is 11.6 Å². The van der Waals surface area contributed by atoms with Gasteiger partial charge in [-0.15, -0.1) is 0 Å². The smallest absolute Gasteiger partial charge is 0.225 e. The van der Waals surface area contributed by atoms with Crippen molar-refractivity contribution in [3.8, 4) is 11.1 Å². The third kappa shape index (κ3) is 3.62. The number of carbonyl (C=O) groups is 1. The second-order valence-electron chi connectivity index (χ2n) is 6.63. The molecule has 4 nitrogen and oxygen atoms in total. The maximum atomic E-state index is 12.0. The van der Waals surface area contributed by atoms with Gasteiger partial charge in [0.05, 0.1) is 12.5 Å². The molecule has 1 amide bonds. The summed E-state index contributed by atoms with van der Waals surface area (Å²) in [6.45, 7) is 0.629. The van der Waals surface area contributed by atoms with Gasteiger partial charge in [-0.3, -0.25) is 14.8 Å². The molecule has 0 saturated heterocycles. The summed E-state index contributed by atoms with van der Waals surface area (Å²) in [6, 6.07) is 17.8. The standard InChI is InChI=1S/C22H18ClN3O/c23-21-19-10-16(6-7-17(19)13-26-21)18-8-14(11-25-12-18)9-20(22(24)27)15-4-2-1-3-5-15/h1-8,10-12,20H,9,13H2,(H2,24,27)/t20-/m0/s1. The molecule has 0 aliphatic carbocycles. The van der Waals surface area contributed by atoms with Crippen molar-refractivity contribution in [1.82, 2.24) is 4.98 Å². The van der Waals surface area contributed by atoms with E-state index in [9.17, 15) is 4.79 Å². The van der Waals surface area contributed by atoms with Gasteiger partial charge >= 0.3 is 0 Å². The first-order valence-electron chi connectivity index (χ1n) is 8.73. The number of aliphatic imine (C=N–C) groups is 1. The second-order valence-corrected chi connectivity index (χ2v) is 6.99. The Labute approximate surface area is 162 Å². The minimum atomic E-state index is -0.384. The Balaban J connectivity index is 1.64. The summed E-state index contributed by atoms with van der Waals surface area (Å²) in [5.74, 6) is -0.725. The number of pyridine rings is 1. The van der Waals surface area contributed by atoms with Crippen LogP contribution in [0.4, 0.5) is 0 Å². The number of rotatable bonds is 5. The summed E-state index contributed by atoms with van der Waals surface area (Å²) >= 11 is 6.19. The summed E-state index contributed by atoms with van der Waals surface area (Å²) in [6.07, 6.45) is 4.10. The number of hydrogen-bond acceptors (Lipinski definition) is 3. The average molecular weight is 376 g/mol. The van der Waals surface area contributed by atoms with Gasteiger partial charge in [0.1, 0.15) is 5.17 Å². The first-order valence-corrected chi connectivity index (χ1v) is 9.11. The zero-order chi connectivity index (χ0) is 18.8. The largest absolute Gasteiger partial charge is 0.369 e. The van der Waals surface area contributed by atoms with Gasteiger partial charge in [0, 0.05) is 23.5 Å². The molecule has 2 aromatic carbocycles. The Morgan fingerprint density at radius 1 is 1.07 bits per heavy atom. The molecule has 1 aromatic heterocycles. The summed E-state index contributed by atoms with van der Waals surface area (Å²) in [4.78, 5) is 20.6. The highest BCUT2D eigenvalue weighted by molar-refractivity contribution is 6.70. The Kier molecular flexibility index (Phi) is 4.73. The molecule has 2 N–H and O–H groups in total. The van der Waals surface area contributed by atoms with Crippen LogP contribution < -0.4 is 5.73 Å². The molecule has 0 fully saturated rings. The van der Waals surface area contributed by atoms with Crippen molar-refractivity contribution in [2.75, 3.05) is 0 Å². The number of fused-ring (bicyclic) bond motifs is 1. The minimum absolute atomic E-state index is 0.341. The molecule has 5 heteroatoms. The molecule has 0 saturated carbocycles. The number of amides is 1. The highest BCUT2D eigenvalue weighted by Crippen LogP contribution is 2.29. The van der Waals surface area contributed by atoms with Crippen LogP contribution in [0.5, 0.6) is 0 Å². The van der Waals surface area contributed by atoms with E-state index in [4.69, 9.17) is 17.3 Å². The lowest BCUT2D eigenvalue weighted by Gasteiger charge is -2.14. The molecule has 2 heterocycles. The first kappa shape index (κ1) is 17.4. The zero-order valence-electron chi connectivity index (χ0n) is 14.6. The monoisotopic (exact) mass is 375 g/mol. The molecule has 4 rings (SSSR count). The lowest BCUT2D eigenvalue weighted by atomic mass is 9.91. The number of carbonyl (C=O) groups excluding carboxylic acids is 1. The van der Waals surface area contributed by atoms with Crippen LogP contribution in [-0.2, 0) is 17.8 Å². The van der Waals surface area contributed by atoms with Gasteiger partial charge in [0.25, 0.3) is 0 Å². The molecule has 1 aliphatic rings. The fourth-order valence-electron chi connectivity index (χ4n) is 3.39. The Bertz CT molecular complexity index is 1030. The average Bonchev–Trinajstić information content (AvgIpc) is 3.07. The van der Waals surface area contributed by atoms with Crippen molar-refractivity contribution in [3.05, 3.63) is 89.2 Å². The van der Waals surface area contributed by atoms with Gasteiger partial charge in [0.15, 0.2) is 0 Å². The lowest BCUT2D eigenvalue weighted by molar-refractivity contribution is -0.119. The van der Waals surface area contributed by atoms with E-state index in [2.05, 4.69) is 9.98 Å². The topological polar surface area (TPSA) is 68.3 Å². The molecule has 3 aromatic rings. The summed E-state index contributed by atoms with van der Waals surface area (Å²) in [7, 11) is 0. The van der Waals surface area contributed by atoms with Crippen molar-refractivity contribution in [1.29, 1.82) is 0 Å². The molecule has 0 spiro atoms. The van der Waals surface area contributed by atoms with Gasteiger partial charge in [-0.25, -0.2) is 0 Å². The van der Waals surface area contributed by atoms with Crippen molar-refractivity contribution in [2.24, 2.45) is 10.7 Å². The van der Waals surface area contributed by atoms with E-state index >= 15 is 0 Å². The molecular weight excluding hydrogens is 358 g/mol. The number of halogens is 1. The highest BCUT2D eigenvalue weighted by Gasteiger charge is 2.19. The predicted molar refractivity (Wildman–Crippen MR) is 108 cm³/mol. The third-order valence-electron chi connectivity index (χ3n) is 4.83. The molecule has 0 radical (unpaired) electrons. The summed E-state index contributed by atoms with van der Waals surface area (Å²) < 4.78 is 0. The number of nitrogens with zero attached hydrogens (tertiary/aromatic N) is 2. The fourth-order valence-corrected chi connectivity index (χ4v) is 3.62. The number of hydrogen-bond donors (Lipinski definition) is 1. The molecule has 27 heavy (non-hydrogen) atoms. The number of nitrogens with two attached hydrogens (primary N) is 1. The van der Waals surface area contributed by atoms with Crippen molar-refractivity contribution >= 4 is 22.7 Å². The normalized spacial score (nSPS) is 13.7. The second kappa shape index (κ2) is 7.33.